The molecule has 32 heavy (non-hydrogen) atoms. The number of aromatic nitrogens is 1. The minimum atomic E-state index is -3.78. The van der Waals surface area contributed by atoms with Crippen LogP contribution < -0.4 is 20.7 Å². The van der Waals surface area contributed by atoms with Gasteiger partial charge in [-0.3, -0.25) is 10.1 Å². The Hall–Kier alpha value is -1.95. The summed E-state index contributed by atoms with van der Waals surface area (Å²) in [5.74, 6) is -0.383. The quantitative estimate of drug-likeness (QED) is 0.489. The summed E-state index contributed by atoms with van der Waals surface area (Å²) < 4.78 is 33.7. The molecule has 3 saturated heterocycles. The third-order valence-corrected chi connectivity index (χ3v) is 8.55. The number of imide groups is 1. The van der Waals surface area contributed by atoms with Crippen LogP contribution in [-0.2, 0) is 14.8 Å². The number of rotatable bonds is 7. The zero-order valence-corrected chi connectivity index (χ0v) is 19.3. The molecular formula is C20H28ClN5O5S. The van der Waals surface area contributed by atoms with E-state index in [4.69, 9.17) is 16.3 Å². The zero-order chi connectivity index (χ0) is 22.8. The number of nitrogens with zero attached hydrogens (tertiary/aromatic N) is 2. The molecule has 0 spiro atoms. The summed E-state index contributed by atoms with van der Waals surface area (Å²) in [5, 5.41) is 8.65. The first kappa shape index (κ1) is 23.2. The Morgan fingerprint density at radius 1 is 1.16 bits per heavy atom. The summed E-state index contributed by atoms with van der Waals surface area (Å²) >= 11 is 5.84. The highest BCUT2D eigenvalue weighted by Gasteiger charge is 2.51. The Morgan fingerprint density at radius 2 is 1.88 bits per heavy atom. The van der Waals surface area contributed by atoms with E-state index in [0.717, 1.165) is 25.9 Å². The SMILES string of the molecule is O=C1NC(=O)C(CC2CCNCC2)(CS(=O)(=O)N2CCC(Oc3ccc(Cl)cn3)CC2)N1. The molecule has 1 atom stereocenters. The molecule has 3 aliphatic rings. The summed E-state index contributed by atoms with van der Waals surface area (Å²) in [7, 11) is -3.78. The lowest BCUT2D eigenvalue weighted by Crippen LogP contribution is -2.57. The average Bonchev–Trinajstić information content (AvgIpc) is 3.02. The van der Waals surface area contributed by atoms with Gasteiger partial charge in [-0.15, -0.1) is 0 Å². The van der Waals surface area contributed by atoms with E-state index in [2.05, 4.69) is 20.9 Å². The molecule has 0 saturated carbocycles. The molecule has 1 aromatic heterocycles. The second-order valence-electron chi connectivity index (χ2n) is 8.67. The molecule has 0 aliphatic carbocycles. The van der Waals surface area contributed by atoms with E-state index < -0.39 is 33.3 Å². The molecule has 3 fully saturated rings. The van der Waals surface area contributed by atoms with Crippen LogP contribution >= 0.6 is 11.6 Å². The Morgan fingerprint density at radius 3 is 2.47 bits per heavy atom. The van der Waals surface area contributed by atoms with Gasteiger partial charge in [0.05, 0.1) is 10.8 Å². The summed E-state index contributed by atoms with van der Waals surface area (Å²) in [6.07, 6.45) is 4.34. The smallest absolute Gasteiger partial charge is 0.322 e. The minimum absolute atomic E-state index is 0.159. The first-order chi connectivity index (χ1) is 15.3. The number of carbonyl (C=O) groups is 2. The molecule has 3 aliphatic heterocycles. The van der Waals surface area contributed by atoms with Gasteiger partial charge < -0.3 is 15.4 Å². The predicted octanol–water partition coefficient (Wildman–Crippen LogP) is 0.876. The molecule has 1 aromatic rings. The molecule has 176 valence electrons. The summed E-state index contributed by atoms with van der Waals surface area (Å²) in [5.41, 5.74) is -1.43. The minimum Gasteiger partial charge on any atom is -0.474 e. The number of urea groups is 1. The highest BCUT2D eigenvalue weighted by molar-refractivity contribution is 7.89. The third-order valence-electron chi connectivity index (χ3n) is 6.32. The first-order valence-electron chi connectivity index (χ1n) is 10.9. The molecule has 12 heteroatoms. The number of carbonyl (C=O) groups excluding carboxylic acids is 2. The van der Waals surface area contributed by atoms with Gasteiger partial charge in [0, 0.05) is 25.4 Å². The highest BCUT2D eigenvalue weighted by Crippen LogP contribution is 2.30. The second kappa shape index (κ2) is 9.50. The van der Waals surface area contributed by atoms with Gasteiger partial charge in [-0.05, 0) is 57.2 Å². The predicted molar refractivity (Wildman–Crippen MR) is 118 cm³/mol. The Balaban J connectivity index is 1.40. The van der Waals surface area contributed by atoms with E-state index in [9.17, 15) is 18.0 Å². The molecule has 10 nitrogen and oxygen atoms in total. The van der Waals surface area contributed by atoms with Crippen molar-refractivity contribution in [2.75, 3.05) is 31.9 Å². The number of amides is 3. The van der Waals surface area contributed by atoms with Crippen LogP contribution in [0.25, 0.3) is 0 Å². The van der Waals surface area contributed by atoms with Crippen molar-refractivity contribution in [2.24, 2.45) is 5.92 Å². The maximum Gasteiger partial charge on any atom is 0.322 e. The van der Waals surface area contributed by atoms with Crippen molar-refractivity contribution in [3.63, 3.8) is 0 Å². The average molecular weight is 486 g/mol. The van der Waals surface area contributed by atoms with Gasteiger partial charge >= 0.3 is 6.03 Å². The van der Waals surface area contributed by atoms with Crippen LogP contribution in [0.1, 0.15) is 32.1 Å². The fraction of sp³-hybridized carbons (Fsp3) is 0.650. The van der Waals surface area contributed by atoms with Crippen LogP contribution in [0.4, 0.5) is 4.79 Å². The van der Waals surface area contributed by atoms with E-state index in [1.165, 1.54) is 10.5 Å². The van der Waals surface area contributed by atoms with E-state index >= 15 is 0 Å². The van der Waals surface area contributed by atoms with Crippen molar-refractivity contribution in [1.29, 1.82) is 0 Å². The molecule has 0 radical (unpaired) electrons. The lowest BCUT2D eigenvalue weighted by atomic mass is 9.84. The lowest BCUT2D eigenvalue weighted by molar-refractivity contribution is -0.124. The van der Waals surface area contributed by atoms with Crippen molar-refractivity contribution in [1.82, 2.24) is 25.2 Å². The standard InChI is InChI=1S/C20H28ClN5O5S/c21-15-1-2-17(23-12-15)31-16-5-9-26(10-6-16)32(29,30)13-20(18(27)24-19(28)25-20)11-14-3-7-22-8-4-14/h1-2,12,14,16,22H,3-11,13H2,(H2,24,25,27,28). The lowest BCUT2D eigenvalue weighted by Gasteiger charge is -2.36. The monoisotopic (exact) mass is 485 g/mol. The maximum atomic E-state index is 13.3. The van der Waals surface area contributed by atoms with Crippen LogP contribution in [0.15, 0.2) is 18.3 Å². The molecule has 4 heterocycles. The summed E-state index contributed by atoms with van der Waals surface area (Å²) in [4.78, 5) is 28.7. The van der Waals surface area contributed by atoms with Gasteiger partial charge in [0.25, 0.3) is 5.91 Å². The first-order valence-corrected chi connectivity index (χ1v) is 12.8. The van der Waals surface area contributed by atoms with Gasteiger partial charge in [0.15, 0.2) is 0 Å². The zero-order valence-electron chi connectivity index (χ0n) is 17.7. The fourth-order valence-corrected chi connectivity index (χ4v) is 6.65. The number of piperidine rings is 2. The Labute approximate surface area is 192 Å². The van der Waals surface area contributed by atoms with Crippen molar-refractivity contribution >= 4 is 33.6 Å². The van der Waals surface area contributed by atoms with E-state index in [0.29, 0.717) is 30.2 Å². The molecular weight excluding hydrogens is 458 g/mol. The molecule has 1 unspecified atom stereocenters. The van der Waals surface area contributed by atoms with Crippen LogP contribution in [0.5, 0.6) is 5.88 Å². The normalized spacial score (nSPS) is 26.0. The van der Waals surface area contributed by atoms with Crippen LogP contribution in [-0.4, -0.2) is 73.2 Å². The molecule has 0 bridgehead atoms. The maximum absolute atomic E-state index is 13.3. The highest BCUT2D eigenvalue weighted by atomic mass is 35.5. The number of sulfonamides is 1. The number of ether oxygens (including phenoxy) is 1. The number of halogens is 1. The topological polar surface area (TPSA) is 130 Å². The second-order valence-corrected chi connectivity index (χ2v) is 11.1. The van der Waals surface area contributed by atoms with Gasteiger partial charge in [-0.1, -0.05) is 11.6 Å². The van der Waals surface area contributed by atoms with E-state index in [1.54, 1.807) is 12.1 Å². The largest absolute Gasteiger partial charge is 0.474 e. The van der Waals surface area contributed by atoms with Crippen molar-refractivity contribution in [2.45, 2.75) is 43.7 Å². The number of pyridine rings is 1. The number of hydrogen-bond acceptors (Lipinski definition) is 7. The molecule has 3 amide bonds. The van der Waals surface area contributed by atoms with Crippen LogP contribution in [0.2, 0.25) is 5.02 Å². The van der Waals surface area contributed by atoms with Crippen LogP contribution in [0, 0.1) is 5.92 Å². The Bertz CT molecular complexity index is 946. The third kappa shape index (κ3) is 5.33. The molecule has 3 N–H and O–H groups in total. The molecule has 0 aromatic carbocycles. The van der Waals surface area contributed by atoms with Gasteiger partial charge in [0.1, 0.15) is 11.6 Å². The van der Waals surface area contributed by atoms with E-state index in [-0.39, 0.29) is 25.1 Å². The number of hydrogen-bond donors (Lipinski definition) is 3. The number of nitrogens with one attached hydrogen (secondary N) is 3. The van der Waals surface area contributed by atoms with Crippen molar-refractivity contribution < 1.29 is 22.7 Å². The van der Waals surface area contributed by atoms with Crippen LogP contribution in [0.3, 0.4) is 0 Å². The fourth-order valence-electron chi connectivity index (χ4n) is 4.64. The Kier molecular flexibility index (Phi) is 6.89. The van der Waals surface area contributed by atoms with Gasteiger partial charge in [-0.2, -0.15) is 0 Å². The van der Waals surface area contributed by atoms with Gasteiger partial charge in [0.2, 0.25) is 15.9 Å². The summed E-state index contributed by atoms with van der Waals surface area (Å²) in [6, 6.07) is 2.73. The van der Waals surface area contributed by atoms with E-state index in [1.807, 2.05) is 0 Å². The van der Waals surface area contributed by atoms with Gasteiger partial charge in [-0.25, -0.2) is 22.5 Å². The summed E-state index contributed by atoms with van der Waals surface area (Å²) in [6.45, 7) is 2.19. The van der Waals surface area contributed by atoms with Crippen molar-refractivity contribution in [3.8, 4) is 5.88 Å². The van der Waals surface area contributed by atoms with Crippen molar-refractivity contribution in [3.05, 3.63) is 23.4 Å². The molecule has 4 rings (SSSR count).